The molecule has 6 aliphatic carbocycles. The maximum atomic E-state index is 3.73. The van der Waals surface area contributed by atoms with E-state index in [0.717, 1.165) is 71.8 Å². The topological polar surface area (TPSA) is 30.5 Å². The molecule has 0 aromatic heterocycles. The minimum Gasteiger partial charge on any atom is -0.317 e. The summed E-state index contributed by atoms with van der Waals surface area (Å²) in [6.45, 7) is 5.05. The van der Waals surface area contributed by atoms with Gasteiger partial charge in [0.25, 0.3) is 0 Å². The lowest BCUT2D eigenvalue weighted by atomic mass is 9.46. The molecule has 0 bridgehead atoms. The van der Waals surface area contributed by atoms with Gasteiger partial charge in [-0.2, -0.15) is 0 Å². The lowest BCUT2D eigenvalue weighted by molar-refractivity contribution is -0.148. The first kappa shape index (κ1) is 29.3. The molecular formula is C38H66N4. The molecule has 0 aromatic rings. The van der Waals surface area contributed by atoms with Crippen LogP contribution in [0.5, 0.6) is 0 Å². The van der Waals surface area contributed by atoms with Crippen molar-refractivity contribution in [1.82, 2.24) is 20.4 Å². The first-order chi connectivity index (χ1) is 20.9. The predicted molar refractivity (Wildman–Crippen MR) is 175 cm³/mol. The molecule has 0 radical (unpaired) electrons. The van der Waals surface area contributed by atoms with Crippen molar-refractivity contribution in [3.8, 4) is 0 Å². The van der Waals surface area contributed by atoms with E-state index in [0.29, 0.717) is 0 Å². The largest absolute Gasteiger partial charge is 0.317 e. The van der Waals surface area contributed by atoms with Gasteiger partial charge in [-0.25, -0.2) is 0 Å². The molecule has 8 unspecified atom stereocenters. The third-order valence-electron chi connectivity index (χ3n) is 15.1. The smallest absolute Gasteiger partial charge is 0.0132 e. The first-order valence-corrected chi connectivity index (χ1v) is 19.8. The van der Waals surface area contributed by atoms with Crippen molar-refractivity contribution < 1.29 is 0 Å². The number of rotatable bonds is 6. The van der Waals surface area contributed by atoms with Gasteiger partial charge in [-0.1, -0.05) is 38.5 Å². The average molecular weight is 579 g/mol. The lowest BCUT2D eigenvalue weighted by Gasteiger charge is -2.64. The summed E-state index contributed by atoms with van der Waals surface area (Å²) >= 11 is 0. The molecule has 0 spiro atoms. The molecule has 2 heterocycles. The van der Waals surface area contributed by atoms with Crippen molar-refractivity contribution in [1.29, 1.82) is 0 Å². The van der Waals surface area contributed by atoms with Crippen LogP contribution < -0.4 is 10.6 Å². The predicted octanol–water partition coefficient (Wildman–Crippen LogP) is 7.37. The van der Waals surface area contributed by atoms with Crippen LogP contribution in [0.1, 0.15) is 141 Å². The summed E-state index contributed by atoms with van der Waals surface area (Å²) in [5.74, 6) is 6.31. The average Bonchev–Trinajstić information content (AvgIpc) is 3.07. The second kappa shape index (κ2) is 13.3. The second-order valence-electron chi connectivity index (χ2n) is 16.9. The Labute approximate surface area is 259 Å². The molecule has 0 aromatic carbocycles. The molecule has 42 heavy (non-hydrogen) atoms. The molecule has 4 nitrogen and oxygen atoms in total. The van der Waals surface area contributed by atoms with E-state index in [1.807, 2.05) is 0 Å². The van der Waals surface area contributed by atoms with Gasteiger partial charge in [0.05, 0.1) is 0 Å². The summed E-state index contributed by atoms with van der Waals surface area (Å²) < 4.78 is 0. The Bertz CT molecular complexity index is 747. The van der Waals surface area contributed by atoms with Gasteiger partial charge in [-0.3, -0.25) is 9.80 Å². The van der Waals surface area contributed by atoms with E-state index in [1.165, 1.54) is 116 Å². The Morgan fingerprint density at radius 2 is 0.690 bits per heavy atom. The molecule has 238 valence electrons. The molecule has 8 aliphatic rings. The van der Waals surface area contributed by atoms with Crippen molar-refractivity contribution in [3.63, 3.8) is 0 Å². The zero-order valence-corrected chi connectivity index (χ0v) is 27.2. The minimum absolute atomic E-state index is 0.869. The zero-order valence-electron chi connectivity index (χ0n) is 27.2. The Kier molecular flexibility index (Phi) is 9.26. The van der Waals surface area contributed by atoms with Gasteiger partial charge in [0.15, 0.2) is 0 Å². The highest BCUT2D eigenvalue weighted by molar-refractivity contribution is 5.09. The van der Waals surface area contributed by atoms with Crippen LogP contribution in [0.15, 0.2) is 0 Å². The van der Waals surface area contributed by atoms with Crippen molar-refractivity contribution in [3.05, 3.63) is 0 Å². The highest BCUT2D eigenvalue weighted by atomic mass is 15.2. The van der Waals surface area contributed by atoms with Gasteiger partial charge in [-0.15, -0.1) is 0 Å². The van der Waals surface area contributed by atoms with Gasteiger partial charge in [0, 0.05) is 36.3 Å². The summed E-state index contributed by atoms with van der Waals surface area (Å²) in [6, 6.07) is 5.37. The molecule has 6 saturated carbocycles. The molecule has 2 N–H and O–H groups in total. The Morgan fingerprint density at radius 1 is 0.333 bits per heavy atom. The third-order valence-corrected chi connectivity index (χ3v) is 15.1. The SMILES string of the molecule is C1CCC(N(C2CCNCC2)C2CCC3CCC4C5C(CCC2C35)CCC4N(C2CCCCC2)C2CCNCC2)CC1. The summed E-state index contributed by atoms with van der Waals surface area (Å²) in [6.07, 6.45) is 33.2. The van der Waals surface area contributed by atoms with Gasteiger partial charge in [0.1, 0.15) is 0 Å². The summed E-state index contributed by atoms with van der Waals surface area (Å²) in [5, 5.41) is 7.45. The Morgan fingerprint density at radius 3 is 1.10 bits per heavy atom. The van der Waals surface area contributed by atoms with E-state index in [4.69, 9.17) is 0 Å². The summed E-state index contributed by atoms with van der Waals surface area (Å²) in [7, 11) is 0. The van der Waals surface area contributed by atoms with Crippen LogP contribution in [0.2, 0.25) is 0 Å². The van der Waals surface area contributed by atoms with Crippen LogP contribution in [0.3, 0.4) is 0 Å². The van der Waals surface area contributed by atoms with Crippen LogP contribution in [-0.2, 0) is 0 Å². The number of hydrogen-bond acceptors (Lipinski definition) is 4. The zero-order chi connectivity index (χ0) is 27.9. The van der Waals surface area contributed by atoms with Gasteiger partial charge >= 0.3 is 0 Å². The van der Waals surface area contributed by atoms with E-state index < -0.39 is 0 Å². The fourth-order valence-corrected chi connectivity index (χ4v) is 13.6. The highest BCUT2D eigenvalue weighted by Gasteiger charge is 2.58. The molecule has 8 fully saturated rings. The van der Waals surface area contributed by atoms with Gasteiger partial charge in [-0.05, 0) is 164 Å². The number of piperidine rings is 2. The molecule has 2 aliphatic heterocycles. The molecular weight excluding hydrogens is 512 g/mol. The molecule has 8 rings (SSSR count). The molecule has 2 saturated heterocycles. The molecule has 8 atom stereocenters. The van der Waals surface area contributed by atoms with Crippen LogP contribution in [0.25, 0.3) is 0 Å². The summed E-state index contributed by atoms with van der Waals surface area (Å²) in [4.78, 5) is 6.60. The van der Waals surface area contributed by atoms with Crippen LogP contribution >= 0.6 is 0 Å². The Balaban J connectivity index is 1.08. The summed E-state index contributed by atoms with van der Waals surface area (Å²) in [5.41, 5.74) is 0. The highest BCUT2D eigenvalue weighted by Crippen LogP contribution is 2.62. The number of nitrogens with one attached hydrogen (secondary N) is 2. The molecule has 0 amide bonds. The normalized spacial score (nSPS) is 43.0. The van der Waals surface area contributed by atoms with Crippen LogP contribution in [-0.4, -0.2) is 72.2 Å². The van der Waals surface area contributed by atoms with E-state index in [-0.39, 0.29) is 0 Å². The maximum absolute atomic E-state index is 3.73. The third kappa shape index (κ3) is 5.57. The number of nitrogens with zero attached hydrogens (tertiary/aromatic N) is 2. The first-order valence-electron chi connectivity index (χ1n) is 19.8. The van der Waals surface area contributed by atoms with Crippen molar-refractivity contribution in [2.75, 3.05) is 26.2 Å². The monoisotopic (exact) mass is 579 g/mol. The lowest BCUT2D eigenvalue weighted by Crippen LogP contribution is -2.64. The molecule has 4 heteroatoms. The van der Waals surface area contributed by atoms with E-state index in [2.05, 4.69) is 20.4 Å². The standard InChI is InChI=1S/C38H66N4/c1-3-7-29(8-4-1)41(31-19-23-39-24-20-31)35-17-13-27-12-16-34-36(18-14-28-11-15-33(35)37(27)38(28)34)42(30-9-5-2-6-10-30)32-21-25-40-26-22-32/h27-40H,1-26H2. The fourth-order valence-electron chi connectivity index (χ4n) is 13.6. The van der Waals surface area contributed by atoms with Crippen molar-refractivity contribution in [2.24, 2.45) is 35.5 Å². The van der Waals surface area contributed by atoms with Crippen LogP contribution in [0.4, 0.5) is 0 Å². The van der Waals surface area contributed by atoms with E-state index in [9.17, 15) is 0 Å². The van der Waals surface area contributed by atoms with Crippen LogP contribution in [0, 0.1) is 35.5 Å². The van der Waals surface area contributed by atoms with E-state index >= 15 is 0 Å². The second-order valence-corrected chi connectivity index (χ2v) is 16.9. The minimum atomic E-state index is 0.869. The van der Waals surface area contributed by atoms with E-state index in [1.54, 1.807) is 51.4 Å². The number of hydrogen-bond donors (Lipinski definition) is 2. The fraction of sp³-hybridized carbons (Fsp3) is 1.00. The van der Waals surface area contributed by atoms with Crippen molar-refractivity contribution in [2.45, 2.75) is 178 Å². The van der Waals surface area contributed by atoms with Gasteiger partial charge in [0.2, 0.25) is 0 Å². The Hall–Kier alpha value is -0.160. The quantitative estimate of drug-likeness (QED) is 0.345. The van der Waals surface area contributed by atoms with Gasteiger partial charge < -0.3 is 10.6 Å². The maximum Gasteiger partial charge on any atom is 0.0132 e. The van der Waals surface area contributed by atoms with Crippen molar-refractivity contribution >= 4 is 0 Å².